The van der Waals surface area contributed by atoms with Crippen LogP contribution in [0.2, 0.25) is 0 Å². The number of aromatic nitrogens is 1. The number of Topliss-reactive ketones (excluding diaryl/α,β-unsaturated/α-hetero) is 1. The Labute approximate surface area is 127 Å². The zero-order valence-electron chi connectivity index (χ0n) is 12.9. The minimum Gasteiger partial charge on any atom is -0.357 e. The quantitative estimate of drug-likeness (QED) is 0.801. The Morgan fingerprint density at radius 3 is 2.38 bits per heavy atom. The van der Waals surface area contributed by atoms with Gasteiger partial charge in [0, 0.05) is 30.9 Å². The molecule has 21 heavy (non-hydrogen) atoms. The molecule has 3 rings (SSSR count). The zero-order chi connectivity index (χ0) is 14.7. The molecule has 4 nitrogen and oxygen atoms in total. The van der Waals surface area contributed by atoms with Gasteiger partial charge in [-0.3, -0.25) is 4.79 Å². The molecule has 0 aliphatic carbocycles. The third kappa shape index (κ3) is 3.43. The van der Waals surface area contributed by atoms with Crippen LogP contribution < -0.4 is 4.90 Å². The lowest BCUT2D eigenvalue weighted by atomic mass is 10.00. The summed E-state index contributed by atoms with van der Waals surface area (Å²) in [4.78, 5) is 20.8. The van der Waals surface area contributed by atoms with Crippen LogP contribution in [0.25, 0.3) is 0 Å². The van der Waals surface area contributed by atoms with Crippen LogP contribution in [0.4, 0.5) is 5.82 Å². The van der Waals surface area contributed by atoms with E-state index in [0.29, 0.717) is 5.56 Å². The number of nitrogens with zero attached hydrogens (tertiary/aromatic N) is 3. The fourth-order valence-electron chi connectivity index (χ4n) is 3.52. The van der Waals surface area contributed by atoms with Gasteiger partial charge in [0.15, 0.2) is 5.78 Å². The molecular weight excluding hydrogens is 262 g/mol. The van der Waals surface area contributed by atoms with Crippen molar-refractivity contribution >= 4 is 11.6 Å². The SMILES string of the molecule is CC(=O)c1ccc(N2CCC(N3CCCCC3)CC2)nc1. The number of likely N-dealkylation sites (tertiary alicyclic amines) is 1. The van der Waals surface area contributed by atoms with Crippen LogP contribution in [-0.4, -0.2) is 47.9 Å². The van der Waals surface area contributed by atoms with Crippen LogP contribution in [0.3, 0.4) is 0 Å². The maximum absolute atomic E-state index is 11.3. The Balaban J connectivity index is 1.56. The van der Waals surface area contributed by atoms with Gasteiger partial charge in [-0.25, -0.2) is 4.98 Å². The monoisotopic (exact) mass is 287 g/mol. The van der Waals surface area contributed by atoms with Gasteiger partial charge in [0.05, 0.1) is 0 Å². The van der Waals surface area contributed by atoms with Crippen molar-refractivity contribution in [1.29, 1.82) is 0 Å². The fraction of sp³-hybridized carbons (Fsp3) is 0.647. The van der Waals surface area contributed by atoms with Gasteiger partial charge in [0.2, 0.25) is 0 Å². The summed E-state index contributed by atoms with van der Waals surface area (Å²) in [6.45, 7) is 6.31. The van der Waals surface area contributed by atoms with E-state index in [0.717, 1.165) is 24.9 Å². The van der Waals surface area contributed by atoms with E-state index in [-0.39, 0.29) is 5.78 Å². The summed E-state index contributed by atoms with van der Waals surface area (Å²) < 4.78 is 0. The summed E-state index contributed by atoms with van der Waals surface area (Å²) in [6, 6.07) is 4.64. The van der Waals surface area contributed by atoms with Gasteiger partial charge >= 0.3 is 0 Å². The highest BCUT2D eigenvalue weighted by Gasteiger charge is 2.25. The average molecular weight is 287 g/mol. The summed E-state index contributed by atoms with van der Waals surface area (Å²) in [5.74, 6) is 1.09. The molecule has 4 heteroatoms. The first-order chi connectivity index (χ1) is 10.2. The van der Waals surface area contributed by atoms with E-state index in [1.165, 1.54) is 45.2 Å². The molecule has 114 valence electrons. The number of anilines is 1. The van der Waals surface area contributed by atoms with Crippen molar-refractivity contribution in [1.82, 2.24) is 9.88 Å². The first-order valence-electron chi connectivity index (χ1n) is 8.20. The maximum Gasteiger partial charge on any atom is 0.161 e. The molecule has 0 unspecified atom stereocenters. The molecule has 0 N–H and O–H groups in total. The molecule has 2 fully saturated rings. The highest BCUT2D eigenvalue weighted by Crippen LogP contribution is 2.23. The van der Waals surface area contributed by atoms with Crippen LogP contribution in [0, 0.1) is 0 Å². The van der Waals surface area contributed by atoms with Crippen LogP contribution in [-0.2, 0) is 0 Å². The summed E-state index contributed by atoms with van der Waals surface area (Å²) in [6.07, 6.45) is 8.31. The number of hydrogen-bond donors (Lipinski definition) is 0. The predicted molar refractivity (Wildman–Crippen MR) is 84.9 cm³/mol. The molecule has 0 atom stereocenters. The van der Waals surface area contributed by atoms with Crippen LogP contribution in [0.15, 0.2) is 18.3 Å². The summed E-state index contributed by atoms with van der Waals surface area (Å²) in [5.41, 5.74) is 0.696. The summed E-state index contributed by atoms with van der Waals surface area (Å²) in [7, 11) is 0. The van der Waals surface area contributed by atoms with Gasteiger partial charge in [-0.05, 0) is 57.8 Å². The molecule has 1 aromatic heterocycles. The number of carbonyl (C=O) groups excluding carboxylic acids is 1. The lowest BCUT2D eigenvalue weighted by Gasteiger charge is -2.40. The number of piperidine rings is 2. The van der Waals surface area contributed by atoms with E-state index in [1.54, 1.807) is 13.1 Å². The smallest absolute Gasteiger partial charge is 0.161 e. The van der Waals surface area contributed by atoms with E-state index in [4.69, 9.17) is 0 Å². The predicted octanol–water partition coefficient (Wildman–Crippen LogP) is 2.74. The average Bonchev–Trinajstić information content (AvgIpc) is 2.56. The molecule has 1 aromatic rings. The molecule has 0 radical (unpaired) electrons. The van der Waals surface area contributed by atoms with E-state index in [9.17, 15) is 4.79 Å². The van der Waals surface area contributed by atoms with Gasteiger partial charge < -0.3 is 9.80 Å². The van der Waals surface area contributed by atoms with Gasteiger partial charge in [-0.2, -0.15) is 0 Å². The van der Waals surface area contributed by atoms with Crippen molar-refractivity contribution in [3.8, 4) is 0 Å². The summed E-state index contributed by atoms with van der Waals surface area (Å²) >= 11 is 0. The standard InChI is InChI=1S/C17H25N3O/c1-14(21)15-5-6-17(18-13-15)20-11-7-16(8-12-20)19-9-3-2-4-10-19/h5-6,13,16H,2-4,7-12H2,1H3. The van der Waals surface area contributed by atoms with Crippen molar-refractivity contribution in [2.45, 2.75) is 45.1 Å². The molecule has 0 saturated carbocycles. The lowest BCUT2D eigenvalue weighted by Crippen LogP contribution is -2.46. The Bertz CT molecular complexity index is 471. The molecular formula is C17H25N3O. The van der Waals surface area contributed by atoms with Crippen LogP contribution in [0.5, 0.6) is 0 Å². The van der Waals surface area contributed by atoms with E-state index >= 15 is 0 Å². The van der Waals surface area contributed by atoms with Crippen molar-refractivity contribution in [3.63, 3.8) is 0 Å². The Hall–Kier alpha value is -1.42. The van der Waals surface area contributed by atoms with Gasteiger partial charge in [-0.15, -0.1) is 0 Å². The zero-order valence-corrected chi connectivity index (χ0v) is 12.9. The molecule has 2 aliphatic rings. The molecule has 2 saturated heterocycles. The number of carbonyl (C=O) groups is 1. The number of pyridine rings is 1. The van der Waals surface area contributed by atoms with Gasteiger partial charge in [0.1, 0.15) is 5.82 Å². The first-order valence-corrected chi connectivity index (χ1v) is 8.20. The maximum atomic E-state index is 11.3. The fourth-order valence-corrected chi connectivity index (χ4v) is 3.52. The molecule has 0 aromatic carbocycles. The first kappa shape index (κ1) is 14.5. The van der Waals surface area contributed by atoms with Gasteiger partial charge in [-0.1, -0.05) is 6.42 Å². The van der Waals surface area contributed by atoms with Crippen molar-refractivity contribution in [2.75, 3.05) is 31.1 Å². The third-order valence-electron chi connectivity index (χ3n) is 4.85. The van der Waals surface area contributed by atoms with Crippen molar-refractivity contribution in [3.05, 3.63) is 23.9 Å². The Morgan fingerprint density at radius 1 is 1.10 bits per heavy atom. The molecule has 0 amide bonds. The third-order valence-corrected chi connectivity index (χ3v) is 4.85. The second-order valence-corrected chi connectivity index (χ2v) is 6.28. The highest BCUT2D eigenvalue weighted by molar-refractivity contribution is 5.93. The number of rotatable bonds is 3. The molecule has 0 spiro atoms. The van der Waals surface area contributed by atoms with E-state index in [1.807, 2.05) is 12.1 Å². The highest BCUT2D eigenvalue weighted by atomic mass is 16.1. The second kappa shape index (κ2) is 6.56. The minimum atomic E-state index is 0.0813. The van der Waals surface area contributed by atoms with E-state index < -0.39 is 0 Å². The topological polar surface area (TPSA) is 36.4 Å². The summed E-state index contributed by atoms with van der Waals surface area (Å²) in [5, 5.41) is 0. The second-order valence-electron chi connectivity index (χ2n) is 6.28. The largest absolute Gasteiger partial charge is 0.357 e. The van der Waals surface area contributed by atoms with Crippen molar-refractivity contribution in [2.24, 2.45) is 0 Å². The van der Waals surface area contributed by atoms with E-state index in [2.05, 4.69) is 14.8 Å². The number of ketones is 1. The Kier molecular flexibility index (Phi) is 4.54. The lowest BCUT2D eigenvalue weighted by molar-refractivity contribution is 0.101. The minimum absolute atomic E-state index is 0.0813. The molecule has 3 heterocycles. The number of hydrogen-bond acceptors (Lipinski definition) is 4. The van der Waals surface area contributed by atoms with Gasteiger partial charge in [0.25, 0.3) is 0 Å². The Morgan fingerprint density at radius 2 is 1.81 bits per heavy atom. The van der Waals surface area contributed by atoms with Crippen LogP contribution >= 0.6 is 0 Å². The molecule has 0 bridgehead atoms. The molecule has 2 aliphatic heterocycles. The van der Waals surface area contributed by atoms with Crippen LogP contribution in [0.1, 0.15) is 49.4 Å². The van der Waals surface area contributed by atoms with Crippen molar-refractivity contribution < 1.29 is 4.79 Å². The normalized spacial score (nSPS) is 21.5.